The van der Waals surface area contributed by atoms with E-state index in [-0.39, 0.29) is 29.7 Å². The molecule has 1 saturated heterocycles. The van der Waals surface area contributed by atoms with Gasteiger partial charge in [0.05, 0.1) is 20.3 Å². The second-order valence-corrected chi connectivity index (χ2v) is 11.8. The van der Waals surface area contributed by atoms with Gasteiger partial charge >= 0.3 is 0 Å². The van der Waals surface area contributed by atoms with E-state index in [0.717, 1.165) is 33.4 Å². The van der Waals surface area contributed by atoms with Crippen LogP contribution in [0.15, 0.2) is 96.0 Å². The molecule has 4 aromatic rings. The minimum atomic E-state index is -0.457. The highest BCUT2D eigenvalue weighted by molar-refractivity contribution is 5.98. The average Bonchev–Trinajstić information content (AvgIpc) is 3.25. The fourth-order valence-corrected chi connectivity index (χ4v) is 6.08. The van der Waals surface area contributed by atoms with Crippen LogP contribution in [0.5, 0.6) is 11.5 Å². The van der Waals surface area contributed by atoms with E-state index in [1.807, 2.05) is 95.9 Å². The van der Waals surface area contributed by atoms with Crippen LogP contribution in [0.25, 0.3) is 10.8 Å². The van der Waals surface area contributed by atoms with Crippen LogP contribution in [0.1, 0.15) is 46.7 Å². The summed E-state index contributed by atoms with van der Waals surface area (Å²) in [7, 11) is 3.29. The van der Waals surface area contributed by atoms with Gasteiger partial charge in [0.1, 0.15) is 11.5 Å². The number of rotatable bonds is 13. The molecule has 246 valence electrons. The third-order valence-corrected chi connectivity index (χ3v) is 8.70. The van der Waals surface area contributed by atoms with Gasteiger partial charge in [0.2, 0.25) is 5.91 Å². The molecule has 1 fully saturated rings. The van der Waals surface area contributed by atoms with Crippen molar-refractivity contribution < 1.29 is 19.1 Å². The monoisotopic (exact) mass is 636 g/mol. The van der Waals surface area contributed by atoms with Gasteiger partial charge in [0.15, 0.2) is 5.96 Å². The van der Waals surface area contributed by atoms with Crippen molar-refractivity contribution in [1.82, 2.24) is 15.5 Å². The van der Waals surface area contributed by atoms with Gasteiger partial charge in [-0.1, -0.05) is 54.6 Å². The molecule has 1 heterocycles. The van der Waals surface area contributed by atoms with Gasteiger partial charge in [0, 0.05) is 43.7 Å². The maximum atomic E-state index is 14.2. The highest BCUT2D eigenvalue weighted by atomic mass is 16.5. The Morgan fingerprint density at radius 2 is 1.57 bits per heavy atom. The lowest BCUT2D eigenvalue weighted by molar-refractivity contribution is -0.133. The SMILES string of the molecule is COc1ccc(C(CN2CC[C@H](CNC(=O)c3ccc4ccccc4c3)N[C@H](CCCN=C(N)N)C2=O)c2ccc(OC)cc2)cc1. The summed E-state index contributed by atoms with van der Waals surface area (Å²) in [6, 6.07) is 29.1. The molecule has 1 aliphatic heterocycles. The number of fused-ring (bicyclic) bond motifs is 1. The molecule has 2 amide bonds. The Morgan fingerprint density at radius 1 is 0.936 bits per heavy atom. The van der Waals surface area contributed by atoms with E-state index in [4.69, 9.17) is 20.9 Å². The van der Waals surface area contributed by atoms with E-state index in [2.05, 4.69) is 15.6 Å². The second-order valence-electron chi connectivity index (χ2n) is 11.8. The number of carbonyl (C=O) groups excluding carboxylic acids is 2. The molecule has 0 aromatic heterocycles. The summed E-state index contributed by atoms with van der Waals surface area (Å²) in [5.74, 6) is 1.36. The Balaban J connectivity index is 1.34. The molecule has 1 aliphatic rings. The normalized spacial score (nSPS) is 16.5. The maximum absolute atomic E-state index is 14.2. The molecular formula is C37H44N6O4. The first kappa shape index (κ1) is 33.3. The topological polar surface area (TPSA) is 144 Å². The Bertz CT molecular complexity index is 1620. The zero-order valence-corrected chi connectivity index (χ0v) is 27.0. The Hall–Kier alpha value is -5.09. The third kappa shape index (κ3) is 8.80. The summed E-state index contributed by atoms with van der Waals surface area (Å²) in [6.07, 6.45) is 1.86. The van der Waals surface area contributed by atoms with Crippen molar-refractivity contribution in [3.05, 3.63) is 108 Å². The first-order valence-electron chi connectivity index (χ1n) is 16.0. The molecule has 47 heavy (non-hydrogen) atoms. The number of guanidine groups is 1. The van der Waals surface area contributed by atoms with Gasteiger partial charge in [-0.15, -0.1) is 0 Å². The van der Waals surface area contributed by atoms with Crippen LogP contribution < -0.4 is 31.6 Å². The predicted molar refractivity (Wildman–Crippen MR) is 186 cm³/mol. The number of methoxy groups -OCH3 is 2. The van der Waals surface area contributed by atoms with E-state index in [0.29, 0.717) is 51.0 Å². The molecule has 0 aliphatic carbocycles. The van der Waals surface area contributed by atoms with Crippen LogP contribution >= 0.6 is 0 Å². The summed E-state index contributed by atoms with van der Waals surface area (Å²) in [4.78, 5) is 33.4. The molecule has 10 heteroatoms. The van der Waals surface area contributed by atoms with Crippen molar-refractivity contribution >= 4 is 28.5 Å². The number of nitrogens with one attached hydrogen (secondary N) is 2. The molecule has 10 nitrogen and oxygen atoms in total. The third-order valence-electron chi connectivity index (χ3n) is 8.70. The summed E-state index contributed by atoms with van der Waals surface area (Å²) < 4.78 is 10.8. The van der Waals surface area contributed by atoms with Crippen molar-refractivity contribution in [1.29, 1.82) is 0 Å². The van der Waals surface area contributed by atoms with E-state index >= 15 is 0 Å². The molecule has 2 atom stereocenters. The Morgan fingerprint density at radius 3 is 2.19 bits per heavy atom. The summed E-state index contributed by atoms with van der Waals surface area (Å²) in [5, 5.41) is 8.75. The largest absolute Gasteiger partial charge is 0.497 e. The first-order chi connectivity index (χ1) is 22.8. The first-order valence-corrected chi connectivity index (χ1v) is 16.0. The smallest absolute Gasteiger partial charge is 0.251 e. The standard InChI is InChI=1S/C37H44N6O4/c1-46-31-15-11-26(12-16-31)33(27-13-17-32(47-2)18-14-27)24-43-21-19-30(42-34(36(43)45)8-5-20-40-37(38)39)23-41-35(44)29-10-9-25-6-3-4-7-28(25)22-29/h3-4,6-7,9-18,22,30,33-34,42H,5,8,19-21,23-24H2,1-2H3,(H,41,44)(H4,38,39,40)/t30-,34-/m1/s1. The van der Waals surface area contributed by atoms with Crippen molar-refractivity contribution in [2.24, 2.45) is 16.5 Å². The van der Waals surface area contributed by atoms with Gasteiger partial charge in [-0.05, 0) is 77.6 Å². The van der Waals surface area contributed by atoms with Gasteiger partial charge in [-0.3, -0.25) is 14.6 Å². The van der Waals surface area contributed by atoms with E-state index in [1.54, 1.807) is 14.2 Å². The number of nitrogens with two attached hydrogens (primary N) is 2. The van der Waals surface area contributed by atoms with Crippen LogP contribution in [0.2, 0.25) is 0 Å². The van der Waals surface area contributed by atoms with Crippen molar-refractivity contribution in [3.8, 4) is 11.5 Å². The molecule has 0 saturated carbocycles. The highest BCUT2D eigenvalue weighted by Crippen LogP contribution is 2.30. The number of aliphatic imine (C=N–C) groups is 1. The van der Waals surface area contributed by atoms with Gasteiger partial charge < -0.3 is 36.5 Å². The predicted octanol–water partition coefficient (Wildman–Crippen LogP) is 4.03. The number of carbonyl (C=O) groups is 2. The van der Waals surface area contributed by atoms with Crippen LogP contribution in [0.3, 0.4) is 0 Å². The lowest BCUT2D eigenvalue weighted by atomic mass is 9.90. The minimum absolute atomic E-state index is 0.0186. The quantitative estimate of drug-likeness (QED) is 0.0986. The highest BCUT2D eigenvalue weighted by Gasteiger charge is 2.32. The van der Waals surface area contributed by atoms with Gasteiger partial charge in [-0.25, -0.2) is 0 Å². The number of amides is 2. The molecular weight excluding hydrogens is 592 g/mol. The lowest BCUT2D eigenvalue weighted by Crippen LogP contribution is -2.49. The fraction of sp³-hybridized carbons (Fsp3) is 0.324. The zero-order chi connectivity index (χ0) is 33.2. The zero-order valence-electron chi connectivity index (χ0n) is 27.0. The summed E-state index contributed by atoms with van der Waals surface area (Å²) in [5.41, 5.74) is 13.8. The number of nitrogens with zero attached hydrogens (tertiary/aromatic N) is 2. The van der Waals surface area contributed by atoms with E-state index in [1.165, 1.54) is 0 Å². The average molecular weight is 637 g/mol. The Kier molecular flexibility index (Phi) is 11.3. The maximum Gasteiger partial charge on any atom is 0.251 e. The molecule has 4 aromatic carbocycles. The molecule has 0 bridgehead atoms. The van der Waals surface area contributed by atoms with E-state index in [9.17, 15) is 9.59 Å². The fourth-order valence-electron chi connectivity index (χ4n) is 6.08. The lowest BCUT2D eigenvalue weighted by Gasteiger charge is -2.29. The van der Waals surface area contributed by atoms with E-state index < -0.39 is 6.04 Å². The molecule has 0 spiro atoms. The molecule has 0 unspecified atom stereocenters. The van der Waals surface area contributed by atoms with Crippen molar-refractivity contribution in [2.45, 2.75) is 37.3 Å². The number of benzene rings is 4. The van der Waals surface area contributed by atoms with Gasteiger partial charge in [-0.2, -0.15) is 0 Å². The molecule has 6 N–H and O–H groups in total. The molecule has 0 radical (unpaired) electrons. The Labute approximate surface area is 276 Å². The van der Waals surface area contributed by atoms with Crippen LogP contribution in [0, 0.1) is 0 Å². The van der Waals surface area contributed by atoms with Crippen molar-refractivity contribution in [2.75, 3.05) is 40.4 Å². The summed E-state index contributed by atoms with van der Waals surface area (Å²) in [6.45, 7) is 1.84. The van der Waals surface area contributed by atoms with Crippen LogP contribution in [0.4, 0.5) is 0 Å². The van der Waals surface area contributed by atoms with Crippen LogP contribution in [-0.2, 0) is 4.79 Å². The second kappa shape index (κ2) is 16.0. The summed E-state index contributed by atoms with van der Waals surface area (Å²) >= 11 is 0. The van der Waals surface area contributed by atoms with Gasteiger partial charge in [0.25, 0.3) is 5.91 Å². The molecule has 5 rings (SSSR count). The van der Waals surface area contributed by atoms with Crippen LogP contribution in [-0.4, -0.2) is 75.2 Å². The number of hydrogen-bond donors (Lipinski definition) is 4. The number of hydrogen-bond acceptors (Lipinski definition) is 6. The van der Waals surface area contributed by atoms with Crippen molar-refractivity contribution in [3.63, 3.8) is 0 Å². The number of ether oxygens (including phenoxy) is 2. The minimum Gasteiger partial charge on any atom is -0.497 e.